The first-order chi connectivity index (χ1) is 11.7. The molecule has 1 aliphatic carbocycles. The minimum atomic E-state index is -4.52. The smallest absolute Gasteiger partial charge is 0.207 e. The van der Waals surface area contributed by atoms with Gasteiger partial charge >= 0.3 is 6.18 Å². The normalized spacial score (nSPS) is 15.6. The molecule has 2 aromatic carbocycles. The predicted molar refractivity (Wildman–Crippen MR) is 83.6 cm³/mol. The number of sulfonamides is 1. The van der Waals surface area contributed by atoms with Crippen LogP contribution in [-0.4, -0.2) is 18.8 Å². The first-order valence-corrected chi connectivity index (χ1v) is 9.05. The van der Waals surface area contributed by atoms with Crippen LogP contribution < -0.4 is 0 Å². The van der Waals surface area contributed by atoms with Gasteiger partial charge in [0, 0.05) is 12.6 Å². The number of halogens is 4. The second kappa shape index (κ2) is 6.42. The third-order valence-corrected chi connectivity index (χ3v) is 5.91. The van der Waals surface area contributed by atoms with Crippen LogP contribution in [0.5, 0.6) is 0 Å². The molecular weight excluding hydrogens is 358 g/mol. The van der Waals surface area contributed by atoms with E-state index in [4.69, 9.17) is 0 Å². The van der Waals surface area contributed by atoms with Gasteiger partial charge in [0.1, 0.15) is 5.82 Å². The molecule has 1 saturated carbocycles. The number of rotatable bonds is 5. The molecule has 0 unspecified atom stereocenters. The average Bonchev–Trinajstić information content (AvgIpc) is 3.38. The molecular formula is C17H15F4NO2S. The molecule has 1 fully saturated rings. The standard InChI is InChI=1S/C17H15F4NO2S/c18-14-5-1-12(2-6-14)11-22(15-7-8-15)25(23,24)16-9-3-13(4-10-16)17(19,20)21/h1-6,9-10,15H,7-8,11H2. The Balaban J connectivity index is 1.88. The molecule has 25 heavy (non-hydrogen) atoms. The Morgan fingerprint density at radius 1 is 0.960 bits per heavy atom. The molecule has 0 aliphatic heterocycles. The van der Waals surface area contributed by atoms with Crippen LogP contribution in [0.4, 0.5) is 17.6 Å². The van der Waals surface area contributed by atoms with Crippen molar-refractivity contribution in [2.24, 2.45) is 0 Å². The van der Waals surface area contributed by atoms with E-state index in [9.17, 15) is 26.0 Å². The Labute approximate surface area is 142 Å². The molecule has 3 nitrogen and oxygen atoms in total. The SMILES string of the molecule is O=S(=O)(c1ccc(C(F)(F)F)cc1)N(Cc1ccc(F)cc1)C1CC1. The van der Waals surface area contributed by atoms with Gasteiger partial charge in [-0.25, -0.2) is 12.8 Å². The van der Waals surface area contributed by atoms with Gasteiger partial charge in [0.05, 0.1) is 10.5 Å². The highest BCUT2D eigenvalue weighted by Crippen LogP contribution is 2.35. The second-order valence-corrected chi connectivity index (χ2v) is 7.82. The van der Waals surface area contributed by atoms with E-state index in [1.807, 2.05) is 0 Å². The van der Waals surface area contributed by atoms with Gasteiger partial charge in [0.15, 0.2) is 0 Å². The molecule has 0 saturated heterocycles. The van der Waals surface area contributed by atoms with Crippen LogP contribution in [-0.2, 0) is 22.7 Å². The van der Waals surface area contributed by atoms with Crippen LogP contribution in [0.2, 0.25) is 0 Å². The maximum Gasteiger partial charge on any atom is 0.416 e. The van der Waals surface area contributed by atoms with Crippen molar-refractivity contribution in [3.05, 3.63) is 65.5 Å². The van der Waals surface area contributed by atoms with Gasteiger partial charge in [-0.2, -0.15) is 17.5 Å². The van der Waals surface area contributed by atoms with Gasteiger partial charge in [-0.05, 0) is 54.8 Å². The fourth-order valence-corrected chi connectivity index (χ4v) is 4.17. The Morgan fingerprint density at radius 2 is 1.52 bits per heavy atom. The third kappa shape index (κ3) is 4.01. The summed E-state index contributed by atoms with van der Waals surface area (Å²) in [4.78, 5) is -0.186. The van der Waals surface area contributed by atoms with Crippen molar-refractivity contribution in [2.75, 3.05) is 0 Å². The van der Waals surface area contributed by atoms with E-state index in [2.05, 4.69) is 0 Å². The molecule has 0 spiro atoms. The molecule has 134 valence electrons. The van der Waals surface area contributed by atoms with Crippen molar-refractivity contribution in [1.82, 2.24) is 4.31 Å². The number of nitrogens with zero attached hydrogens (tertiary/aromatic N) is 1. The van der Waals surface area contributed by atoms with Crippen molar-refractivity contribution in [2.45, 2.75) is 36.5 Å². The molecule has 0 heterocycles. The van der Waals surface area contributed by atoms with Gasteiger partial charge in [-0.3, -0.25) is 0 Å². The molecule has 8 heteroatoms. The van der Waals surface area contributed by atoms with Crippen LogP contribution in [0.3, 0.4) is 0 Å². The van der Waals surface area contributed by atoms with Gasteiger partial charge in [-0.1, -0.05) is 12.1 Å². The third-order valence-electron chi connectivity index (χ3n) is 3.99. The van der Waals surface area contributed by atoms with Crippen molar-refractivity contribution >= 4 is 10.0 Å². The number of benzene rings is 2. The number of hydrogen-bond acceptors (Lipinski definition) is 2. The second-order valence-electron chi connectivity index (χ2n) is 5.93. The van der Waals surface area contributed by atoms with Crippen molar-refractivity contribution in [1.29, 1.82) is 0 Å². The van der Waals surface area contributed by atoms with Gasteiger partial charge < -0.3 is 0 Å². The molecule has 2 aromatic rings. The summed E-state index contributed by atoms with van der Waals surface area (Å²) in [6.07, 6.45) is -3.13. The van der Waals surface area contributed by atoms with E-state index in [1.165, 1.54) is 28.6 Å². The fraction of sp³-hybridized carbons (Fsp3) is 0.294. The van der Waals surface area contributed by atoms with E-state index in [0.717, 1.165) is 24.3 Å². The van der Waals surface area contributed by atoms with E-state index in [0.29, 0.717) is 18.4 Å². The number of alkyl halides is 3. The van der Waals surface area contributed by atoms with Gasteiger partial charge in [0.2, 0.25) is 10.0 Å². The van der Waals surface area contributed by atoms with Crippen molar-refractivity contribution in [3.8, 4) is 0 Å². The minimum absolute atomic E-state index is 0.0499. The average molecular weight is 373 g/mol. The molecule has 3 rings (SSSR count). The van der Waals surface area contributed by atoms with Crippen molar-refractivity contribution in [3.63, 3.8) is 0 Å². The molecule has 0 N–H and O–H groups in total. The van der Waals surface area contributed by atoms with Crippen LogP contribution in [0.1, 0.15) is 24.0 Å². The fourth-order valence-electron chi connectivity index (χ4n) is 2.49. The lowest BCUT2D eigenvalue weighted by atomic mass is 10.2. The summed E-state index contributed by atoms with van der Waals surface area (Å²) < 4.78 is 77.8. The first kappa shape index (κ1) is 17.9. The van der Waals surface area contributed by atoms with E-state index in [1.54, 1.807) is 0 Å². The Kier molecular flexibility index (Phi) is 4.59. The zero-order valence-electron chi connectivity index (χ0n) is 13.0. The van der Waals surface area contributed by atoms with E-state index >= 15 is 0 Å². The van der Waals surface area contributed by atoms with Crippen LogP contribution in [0, 0.1) is 5.82 Å². The maximum absolute atomic E-state index is 13.0. The summed E-state index contributed by atoms with van der Waals surface area (Å²) in [5.41, 5.74) is -0.285. The highest BCUT2D eigenvalue weighted by molar-refractivity contribution is 7.89. The Morgan fingerprint density at radius 3 is 2.00 bits per heavy atom. The summed E-state index contributed by atoms with van der Waals surface area (Å²) in [6.45, 7) is 0.0499. The predicted octanol–water partition coefficient (Wildman–Crippen LogP) is 4.20. The van der Waals surface area contributed by atoms with Gasteiger partial charge in [0.25, 0.3) is 0 Å². The van der Waals surface area contributed by atoms with Crippen LogP contribution >= 0.6 is 0 Å². The first-order valence-electron chi connectivity index (χ1n) is 7.61. The largest absolute Gasteiger partial charge is 0.416 e. The topological polar surface area (TPSA) is 37.4 Å². The van der Waals surface area contributed by atoms with E-state index in [-0.39, 0.29) is 17.5 Å². The summed E-state index contributed by atoms with van der Waals surface area (Å²) in [7, 11) is -3.94. The summed E-state index contributed by atoms with van der Waals surface area (Å²) in [6, 6.07) is 8.75. The molecule has 0 bridgehead atoms. The zero-order valence-corrected chi connectivity index (χ0v) is 13.8. The monoisotopic (exact) mass is 373 g/mol. The maximum atomic E-state index is 13.0. The molecule has 0 radical (unpaired) electrons. The lowest BCUT2D eigenvalue weighted by Crippen LogP contribution is -2.32. The highest BCUT2D eigenvalue weighted by atomic mass is 32.2. The van der Waals surface area contributed by atoms with E-state index < -0.39 is 27.6 Å². The highest BCUT2D eigenvalue weighted by Gasteiger charge is 2.38. The minimum Gasteiger partial charge on any atom is -0.207 e. The number of hydrogen-bond donors (Lipinski definition) is 0. The molecule has 0 aromatic heterocycles. The lowest BCUT2D eigenvalue weighted by molar-refractivity contribution is -0.137. The van der Waals surface area contributed by atoms with Crippen LogP contribution in [0.25, 0.3) is 0 Å². The Hall–Kier alpha value is -1.93. The molecule has 1 aliphatic rings. The molecule has 0 atom stereocenters. The summed E-state index contributed by atoms with van der Waals surface area (Å²) in [5, 5.41) is 0. The van der Waals surface area contributed by atoms with Gasteiger partial charge in [-0.15, -0.1) is 0 Å². The van der Waals surface area contributed by atoms with Crippen molar-refractivity contribution < 1.29 is 26.0 Å². The quantitative estimate of drug-likeness (QED) is 0.737. The Bertz CT molecular complexity index is 842. The van der Waals surface area contributed by atoms with Crippen LogP contribution in [0.15, 0.2) is 53.4 Å². The summed E-state index contributed by atoms with van der Waals surface area (Å²) >= 11 is 0. The molecule has 0 amide bonds. The summed E-state index contributed by atoms with van der Waals surface area (Å²) in [5.74, 6) is -0.424. The lowest BCUT2D eigenvalue weighted by Gasteiger charge is -2.22. The zero-order chi connectivity index (χ0) is 18.2.